The number of benzene rings is 1. The first kappa shape index (κ1) is 14.1. The Kier molecular flexibility index (Phi) is 5.40. The Morgan fingerprint density at radius 3 is 2.79 bits per heavy atom. The van der Waals surface area contributed by atoms with Gasteiger partial charge < -0.3 is 9.64 Å². The smallest absolute Gasteiger partial charge is 0.222 e. The predicted molar refractivity (Wildman–Crippen MR) is 76.1 cm³/mol. The van der Waals surface area contributed by atoms with Crippen molar-refractivity contribution in [2.75, 3.05) is 26.8 Å². The fraction of sp³-hybridized carbons (Fsp3) is 0.562. The topological polar surface area (TPSA) is 29.5 Å². The molecule has 1 unspecified atom stereocenters. The fourth-order valence-corrected chi connectivity index (χ4v) is 2.73. The highest BCUT2D eigenvalue weighted by atomic mass is 16.5. The van der Waals surface area contributed by atoms with Crippen LogP contribution >= 0.6 is 0 Å². The zero-order chi connectivity index (χ0) is 13.5. The van der Waals surface area contributed by atoms with Gasteiger partial charge in [-0.1, -0.05) is 30.3 Å². The van der Waals surface area contributed by atoms with Crippen molar-refractivity contribution in [2.24, 2.45) is 0 Å². The van der Waals surface area contributed by atoms with Crippen LogP contribution in [-0.2, 0) is 9.53 Å². The molecule has 0 aliphatic carbocycles. The van der Waals surface area contributed by atoms with E-state index in [0.717, 1.165) is 39.0 Å². The summed E-state index contributed by atoms with van der Waals surface area (Å²) in [5.74, 6) is 0.826. The monoisotopic (exact) mass is 261 g/mol. The molecule has 1 heterocycles. The van der Waals surface area contributed by atoms with Crippen LogP contribution in [0.1, 0.15) is 37.2 Å². The maximum Gasteiger partial charge on any atom is 0.222 e. The molecule has 1 aromatic carbocycles. The van der Waals surface area contributed by atoms with Gasteiger partial charge in [0.1, 0.15) is 0 Å². The lowest BCUT2D eigenvalue weighted by Gasteiger charge is -2.20. The molecule has 1 fully saturated rings. The van der Waals surface area contributed by atoms with Crippen LogP contribution in [0, 0.1) is 0 Å². The number of carbonyl (C=O) groups is 1. The van der Waals surface area contributed by atoms with Crippen molar-refractivity contribution < 1.29 is 9.53 Å². The summed E-state index contributed by atoms with van der Waals surface area (Å²) in [6.07, 6.45) is 3.65. The molecule has 0 spiro atoms. The molecule has 1 saturated heterocycles. The number of rotatable bonds is 5. The van der Waals surface area contributed by atoms with E-state index in [0.29, 0.717) is 18.2 Å². The van der Waals surface area contributed by atoms with E-state index in [2.05, 4.69) is 24.3 Å². The Bertz CT molecular complexity index is 391. The molecular weight excluding hydrogens is 238 g/mol. The van der Waals surface area contributed by atoms with Gasteiger partial charge in [0.25, 0.3) is 0 Å². The van der Waals surface area contributed by atoms with Crippen molar-refractivity contribution >= 4 is 5.91 Å². The van der Waals surface area contributed by atoms with Gasteiger partial charge in [-0.2, -0.15) is 0 Å². The summed E-state index contributed by atoms with van der Waals surface area (Å²) in [4.78, 5) is 14.1. The van der Waals surface area contributed by atoms with Crippen LogP contribution in [0.5, 0.6) is 0 Å². The number of carbonyl (C=O) groups excluding carboxylic acids is 1. The minimum absolute atomic E-state index is 0.300. The summed E-state index contributed by atoms with van der Waals surface area (Å²) in [6, 6.07) is 10.6. The summed E-state index contributed by atoms with van der Waals surface area (Å²) in [5, 5.41) is 0. The standard InChI is InChI=1S/C16H23NO2/c1-19-13-5-11-17-12-10-15(8-9-16(17)18)14-6-3-2-4-7-14/h2-4,6-7,15H,5,8-13H2,1H3. The predicted octanol–water partition coefficient (Wildman–Crippen LogP) is 2.82. The maximum absolute atomic E-state index is 12.1. The second kappa shape index (κ2) is 7.29. The van der Waals surface area contributed by atoms with E-state index in [4.69, 9.17) is 4.74 Å². The van der Waals surface area contributed by atoms with Crippen molar-refractivity contribution in [3.63, 3.8) is 0 Å². The largest absolute Gasteiger partial charge is 0.385 e. The van der Waals surface area contributed by atoms with Crippen LogP contribution in [0.3, 0.4) is 0 Å². The SMILES string of the molecule is COCCCN1CCC(c2ccccc2)CCC1=O. The van der Waals surface area contributed by atoms with Gasteiger partial charge in [0, 0.05) is 33.2 Å². The molecule has 1 atom stereocenters. The quantitative estimate of drug-likeness (QED) is 0.763. The Morgan fingerprint density at radius 2 is 2.05 bits per heavy atom. The average Bonchev–Trinajstić information content (AvgIpc) is 2.63. The zero-order valence-corrected chi connectivity index (χ0v) is 11.7. The summed E-state index contributed by atoms with van der Waals surface area (Å²) in [5.41, 5.74) is 1.37. The zero-order valence-electron chi connectivity index (χ0n) is 11.7. The first-order chi connectivity index (χ1) is 9.31. The van der Waals surface area contributed by atoms with Gasteiger partial charge in [0.05, 0.1) is 0 Å². The number of methoxy groups -OCH3 is 1. The lowest BCUT2D eigenvalue weighted by atomic mass is 9.92. The van der Waals surface area contributed by atoms with E-state index in [-0.39, 0.29) is 0 Å². The highest BCUT2D eigenvalue weighted by Gasteiger charge is 2.22. The van der Waals surface area contributed by atoms with Crippen LogP contribution in [0.2, 0.25) is 0 Å². The molecule has 1 aliphatic rings. The highest BCUT2D eigenvalue weighted by Crippen LogP contribution is 2.28. The van der Waals surface area contributed by atoms with Gasteiger partial charge in [-0.15, -0.1) is 0 Å². The first-order valence-electron chi connectivity index (χ1n) is 7.13. The van der Waals surface area contributed by atoms with Crippen LogP contribution < -0.4 is 0 Å². The molecule has 0 saturated carbocycles. The third-order valence-corrected chi connectivity index (χ3v) is 3.85. The first-order valence-corrected chi connectivity index (χ1v) is 7.13. The lowest BCUT2D eigenvalue weighted by Crippen LogP contribution is -2.31. The van der Waals surface area contributed by atoms with Crippen LogP contribution in [0.25, 0.3) is 0 Å². The molecule has 3 nitrogen and oxygen atoms in total. The Morgan fingerprint density at radius 1 is 1.26 bits per heavy atom. The maximum atomic E-state index is 12.1. The second-order valence-corrected chi connectivity index (χ2v) is 5.16. The summed E-state index contributed by atoms with van der Waals surface area (Å²) >= 11 is 0. The van der Waals surface area contributed by atoms with Crippen molar-refractivity contribution in [1.82, 2.24) is 4.90 Å². The van der Waals surface area contributed by atoms with Gasteiger partial charge in [0.15, 0.2) is 0 Å². The molecule has 2 rings (SSSR count). The molecule has 1 aromatic rings. The molecule has 0 bridgehead atoms. The Labute approximate surface area is 115 Å². The molecule has 1 aliphatic heterocycles. The molecular formula is C16H23NO2. The van der Waals surface area contributed by atoms with Crippen LogP contribution in [-0.4, -0.2) is 37.6 Å². The second-order valence-electron chi connectivity index (χ2n) is 5.16. The number of likely N-dealkylation sites (tertiary alicyclic amines) is 1. The third-order valence-electron chi connectivity index (χ3n) is 3.85. The number of ether oxygens (including phenoxy) is 1. The average molecular weight is 261 g/mol. The van der Waals surface area contributed by atoms with Crippen molar-refractivity contribution in [3.05, 3.63) is 35.9 Å². The van der Waals surface area contributed by atoms with E-state index in [1.807, 2.05) is 11.0 Å². The Balaban J connectivity index is 1.91. The van der Waals surface area contributed by atoms with Crippen LogP contribution in [0.15, 0.2) is 30.3 Å². The van der Waals surface area contributed by atoms with Gasteiger partial charge >= 0.3 is 0 Å². The molecule has 19 heavy (non-hydrogen) atoms. The Hall–Kier alpha value is -1.35. The molecule has 3 heteroatoms. The van der Waals surface area contributed by atoms with E-state index in [1.54, 1.807) is 7.11 Å². The molecule has 104 valence electrons. The van der Waals surface area contributed by atoms with Crippen molar-refractivity contribution in [2.45, 2.75) is 31.6 Å². The van der Waals surface area contributed by atoms with Crippen molar-refractivity contribution in [3.8, 4) is 0 Å². The minimum Gasteiger partial charge on any atom is -0.385 e. The molecule has 0 aromatic heterocycles. The van der Waals surface area contributed by atoms with E-state index >= 15 is 0 Å². The number of nitrogens with zero attached hydrogens (tertiary/aromatic N) is 1. The number of hydrogen-bond acceptors (Lipinski definition) is 2. The van der Waals surface area contributed by atoms with E-state index in [9.17, 15) is 4.79 Å². The third kappa shape index (κ3) is 4.06. The van der Waals surface area contributed by atoms with Crippen molar-refractivity contribution in [1.29, 1.82) is 0 Å². The number of amides is 1. The molecule has 0 radical (unpaired) electrons. The highest BCUT2D eigenvalue weighted by molar-refractivity contribution is 5.76. The summed E-state index contributed by atoms with van der Waals surface area (Å²) in [7, 11) is 1.70. The molecule has 0 N–H and O–H groups in total. The molecule has 1 amide bonds. The summed E-state index contributed by atoms with van der Waals surface area (Å²) < 4.78 is 5.05. The van der Waals surface area contributed by atoms with E-state index < -0.39 is 0 Å². The normalized spacial score (nSPS) is 20.4. The fourth-order valence-electron chi connectivity index (χ4n) is 2.73. The lowest BCUT2D eigenvalue weighted by molar-refractivity contribution is -0.130. The minimum atomic E-state index is 0.300. The van der Waals surface area contributed by atoms with Gasteiger partial charge in [0.2, 0.25) is 5.91 Å². The van der Waals surface area contributed by atoms with E-state index in [1.165, 1.54) is 5.56 Å². The van der Waals surface area contributed by atoms with Gasteiger partial charge in [-0.05, 0) is 30.7 Å². The number of hydrogen-bond donors (Lipinski definition) is 0. The van der Waals surface area contributed by atoms with Gasteiger partial charge in [-0.25, -0.2) is 0 Å². The van der Waals surface area contributed by atoms with Crippen LogP contribution in [0.4, 0.5) is 0 Å². The summed E-state index contributed by atoms with van der Waals surface area (Å²) in [6.45, 7) is 2.43. The van der Waals surface area contributed by atoms with Gasteiger partial charge in [-0.3, -0.25) is 4.79 Å².